The minimum Gasteiger partial charge on any atom is -0.508 e. The predicted molar refractivity (Wildman–Crippen MR) is 90.2 cm³/mol. The Kier molecular flexibility index (Phi) is 3.32. The Balaban J connectivity index is 1.73. The minimum absolute atomic E-state index is 0.0401. The monoisotopic (exact) mass is 330 g/mol. The maximum atomic E-state index is 12.6. The van der Waals surface area contributed by atoms with Gasteiger partial charge in [-0.25, -0.2) is 0 Å². The molecule has 0 saturated heterocycles. The van der Waals surface area contributed by atoms with Crippen LogP contribution in [0.5, 0.6) is 5.75 Å². The summed E-state index contributed by atoms with van der Waals surface area (Å²) in [5, 5.41) is 17.5. The van der Waals surface area contributed by atoms with Crippen molar-refractivity contribution in [3.8, 4) is 5.75 Å². The van der Waals surface area contributed by atoms with Gasteiger partial charge in [-0.05, 0) is 24.6 Å². The molecule has 6 heteroatoms. The van der Waals surface area contributed by atoms with E-state index in [0.29, 0.717) is 5.56 Å². The number of likely N-dealkylation sites (N-methyl/N-ethyl adjacent to an activating group) is 1. The zero-order chi connectivity index (χ0) is 16.1. The first-order valence-corrected chi connectivity index (χ1v) is 8.67. The average Bonchev–Trinajstić information content (AvgIpc) is 2.87. The summed E-state index contributed by atoms with van der Waals surface area (Å²) in [5.74, 6) is 0.157. The standard InChI is InChI=1S/C17H19N3O2S/c1-9-3-4-12(21)11(7-9)15-18-16(22)14-10-5-6-20(2)8-13(10)23-17(14)19-15/h3-4,7,15,19,21H,5-6,8H2,1-2H3,(H,18,22)/p+1/t15-/m1/s1. The number of carbonyl (C=O) groups is 1. The van der Waals surface area contributed by atoms with Crippen LogP contribution in [0.15, 0.2) is 18.2 Å². The largest absolute Gasteiger partial charge is 0.508 e. The number of nitrogens with one attached hydrogen (secondary N) is 3. The van der Waals surface area contributed by atoms with Gasteiger partial charge < -0.3 is 20.6 Å². The number of carbonyl (C=O) groups excluding carboxylic acids is 1. The summed E-state index contributed by atoms with van der Waals surface area (Å²) in [5.41, 5.74) is 3.77. The third-order valence-corrected chi connectivity index (χ3v) is 5.79. The number of rotatable bonds is 1. The summed E-state index contributed by atoms with van der Waals surface area (Å²) in [6.07, 6.45) is 0.558. The minimum atomic E-state index is -0.389. The molecule has 0 saturated carbocycles. The summed E-state index contributed by atoms with van der Waals surface area (Å²) in [4.78, 5) is 15.4. The van der Waals surface area contributed by atoms with Crippen LogP contribution in [0.3, 0.4) is 0 Å². The van der Waals surface area contributed by atoms with Crippen LogP contribution in [0.2, 0.25) is 0 Å². The topological polar surface area (TPSA) is 65.8 Å². The second kappa shape index (κ2) is 5.25. The number of amides is 1. The molecule has 0 bridgehead atoms. The van der Waals surface area contributed by atoms with E-state index in [-0.39, 0.29) is 17.8 Å². The third kappa shape index (κ3) is 2.38. The highest BCUT2D eigenvalue weighted by Crippen LogP contribution is 2.40. The molecular weight excluding hydrogens is 310 g/mol. The Hall–Kier alpha value is -2.05. The number of quaternary nitrogens is 1. The highest BCUT2D eigenvalue weighted by molar-refractivity contribution is 7.16. The van der Waals surface area contributed by atoms with Crippen LogP contribution in [-0.4, -0.2) is 24.6 Å². The van der Waals surface area contributed by atoms with Gasteiger partial charge in [-0.1, -0.05) is 11.6 Å². The Morgan fingerprint density at radius 2 is 2.17 bits per heavy atom. The van der Waals surface area contributed by atoms with Crippen molar-refractivity contribution in [2.24, 2.45) is 0 Å². The molecule has 1 amide bonds. The molecule has 2 aromatic rings. The first kappa shape index (κ1) is 14.5. The zero-order valence-electron chi connectivity index (χ0n) is 13.2. The molecule has 5 nitrogen and oxygen atoms in total. The van der Waals surface area contributed by atoms with Crippen LogP contribution in [0.1, 0.15) is 38.1 Å². The molecule has 2 aliphatic heterocycles. The molecule has 0 radical (unpaired) electrons. The number of fused-ring (bicyclic) bond motifs is 3. The van der Waals surface area contributed by atoms with Crippen molar-refractivity contribution in [1.82, 2.24) is 5.32 Å². The summed E-state index contributed by atoms with van der Waals surface area (Å²) in [6, 6.07) is 5.44. The Morgan fingerprint density at radius 3 is 3.00 bits per heavy atom. The second-order valence-electron chi connectivity index (χ2n) is 6.45. The lowest BCUT2D eigenvalue weighted by Gasteiger charge is -2.27. The van der Waals surface area contributed by atoms with E-state index < -0.39 is 0 Å². The van der Waals surface area contributed by atoms with E-state index >= 15 is 0 Å². The molecule has 0 spiro atoms. The number of aromatic hydroxyl groups is 1. The van der Waals surface area contributed by atoms with E-state index in [4.69, 9.17) is 0 Å². The van der Waals surface area contributed by atoms with Crippen LogP contribution in [0.25, 0.3) is 0 Å². The molecule has 1 aromatic carbocycles. The molecular formula is C17H20N3O2S+. The predicted octanol–water partition coefficient (Wildman–Crippen LogP) is 1.19. The van der Waals surface area contributed by atoms with Crippen molar-refractivity contribution in [2.45, 2.75) is 26.1 Å². The van der Waals surface area contributed by atoms with E-state index in [1.165, 1.54) is 15.3 Å². The van der Waals surface area contributed by atoms with Crippen LogP contribution in [-0.2, 0) is 13.0 Å². The van der Waals surface area contributed by atoms with Gasteiger partial charge in [-0.2, -0.15) is 0 Å². The lowest BCUT2D eigenvalue weighted by molar-refractivity contribution is -0.895. The Morgan fingerprint density at radius 1 is 1.35 bits per heavy atom. The van der Waals surface area contributed by atoms with Crippen molar-refractivity contribution in [1.29, 1.82) is 0 Å². The molecule has 4 N–H and O–H groups in total. The van der Waals surface area contributed by atoms with Gasteiger partial charge in [0.15, 0.2) is 0 Å². The van der Waals surface area contributed by atoms with Crippen LogP contribution >= 0.6 is 11.3 Å². The number of aryl methyl sites for hydroxylation is 1. The number of thiophene rings is 1. The highest BCUT2D eigenvalue weighted by atomic mass is 32.1. The summed E-state index contributed by atoms with van der Waals surface area (Å²) >= 11 is 1.68. The maximum Gasteiger partial charge on any atom is 0.256 e. The molecule has 23 heavy (non-hydrogen) atoms. The molecule has 120 valence electrons. The molecule has 2 aliphatic rings. The second-order valence-corrected chi connectivity index (χ2v) is 7.56. The summed E-state index contributed by atoms with van der Waals surface area (Å²) < 4.78 is 0. The maximum absolute atomic E-state index is 12.6. The Labute approximate surface area is 138 Å². The van der Waals surface area contributed by atoms with E-state index in [0.717, 1.165) is 35.6 Å². The van der Waals surface area contributed by atoms with Gasteiger partial charge in [0.05, 0.1) is 24.0 Å². The van der Waals surface area contributed by atoms with Gasteiger partial charge in [-0.3, -0.25) is 4.79 Å². The van der Waals surface area contributed by atoms with Gasteiger partial charge in [-0.15, -0.1) is 11.3 Å². The molecule has 0 fully saturated rings. The summed E-state index contributed by atoms with van der Waals surface area (Å²) in [7, 11) is 2.18. The number of phenolic OH excluding ortho intramolecular Hbond substituents is 1. The van der Waals surface area contributed by atoms with E-state index in [1.54, 1.807) is 17.4 Å². The molecule has 1 aromatic heterocycles. The first-order chi connectivity index (χ1) is 11.0. The zero-order valence-corrected chi connectivity index (χ0v) is 14.0. The highest BCUT2D eigenvalue weighted by Gasteiger charge is 2.34. The fourth-order valence-electron chi connectivity index (χ4n) is 3.39. The number of anilines is 1. The van der Waals surface area contributed by atoms with Crippen molar-refractivity contribution in [2.75, 3.05) is 18.9 Å². The normalized spacial score (nSPS) is 22.8. The van der Waals surface area contributed by atoms with Crippen molar-refractivity contribution < 1.29 is 14.8 Å². The molecule has 2 atom stereocenters. The third-order valence-electron chi connectivity index (χ3n) is 4.63. The number of hydrogen-bond donors (Lipinski definition) is 4. The molecule has 0 aliphatic carbocycles. The Bertz CT molecular complexity index is 799. The van der Waals surface area contributed by atoms with E-state index in [9.17, 15) is 9.90 Å². The quantitative estimate of drug-likeness (QED) is 0.635. The average molecular weight is 330 g/mol. The van der Waals surface area contributed by atoms with Gasteiger partial charge in [0.1, 0.15) is 23.5 Å². The van der Waals surface area contributed by atoms with Gasteiger partial charge >= 0.3 is 0 Å². The fraction of sp³-hybridized carbons (Fsp3) is 0.353. The van der Waals surface area contributed by atoms with Crippen LogP contribution < -0.4 is 15.5 Å². The van der Waals surface area contributed by atoms with Crippen LogP contribution in [0.4, 0.5) is 5.00 Å². The summed E-state index contributed by atoms with van der Waals surface area (Å²) in [6.45, 7) is 4.01. The number of phenols is 1. The van der Waals surface area contributed by atoms with E-state index in [1.807, 2.05) is 19.1 Å². The van der Waals surface area contributed by atoms with Gasteiger partial charge in [0.2, 0.25) is 0 Å². The first-order valence-electron chi connectivity index (χ1n) is 7.85. The molecule has 4 rings (SSSR count). The van der Waals surface area contributed by atoms with Crippen LogP contribution in [0, 0.1) is 6.92 Å². The number of hydrogen-bond acceptors (Lipinski definition) is 4. The van der Waals surface area contributed by atoms with E-state index in [2.05, 4.69) is 17.7 Å². The van der Waals surface area contributed by atoms with Crippen molar-refractivity contribution >= 4 is 22.2 Å². The van der Waals surface area contributed by atoms with Gasteiger partial charge in [0, 0.05) is 12.0 Å². The van der Waals surface area contributed by atoms with Crippen molar-refractivity contribution in [3.63, 3.8) is 0 Å². The van der Waals surface area contributed by atoms with Crippen molar-refractivity contribution in [3.05, 3.63) is 45.3 Å². The molecule has 1 unspecified atom stereocenters. The smallest absolute Gasteiger partial charge is 0.256 e. The lowest BCUT2D eigenvalue weighted by Crippen LogP contribution is -3.08. The SMILES string of the molecule is Cc1ccc(O)c([C@@H]2NC(=O)c3c(sc4c3CC[NH+](C)C4)N2)c1. The lowest BCUT2D eigenvalue weighted by atomic mass is 10.00. The number of benzene rings is 1. The molecule has 3 heterocycles. The van der Waals surface area contributed by atoms with Gasteiger partial charge in [0.25, 0.3) is 5.91 Å². The fourth-order valence-corrected chi connectivity index (χ4v) is 4.78.